The number of hydrogen-bond acceptors (Lipinski definition) is 4. The second-order valence-corrected chi connectivity index (χ2v) is 7.58. The standard InChI is InChI=1S/C21H28ClN5O2/c1-4-7-11-27-19-18(20(28)24-21(27)29)26(6-3)17(23-19)14-25(5-2)13-15-9-8-10-16(22)12-15/h8-10,12H,4-7,11,13-14H2,1-3H3,(H,24,28,29). The number of imidazole rings is 1. The van der Waals surface area contributed by atoms with Crippen LogP contribution in [0.5, 0.6) is 0 Å². The van der Waals surface area contributed by atoms with Gasteiger partial charge in [-0.05, 0) is 37.6 Å². The molecule has 3 aromatic rings. The monoisotopic (exact) mass is 417 g/mol. The van der Waals surface area contributed by atoms with Crippen LogP contribution in [0, 0.1) is 0 Å². The summed E-state index contributed by atoms with van der Waals surface area (Å²) >= 11 is 6.12. The lowest BCUT2D eigenvalue weighted by molar-refractivity contribution is 0.261. The van der Waals surface area contributed by atoms with Gasteiger partial charge in [0.15, 0.2) is 11.2 Å². The Balaban J connectivity index is 2.00. The number of rotatable bonds is 9. The SMILES string of the molecule is CCCCn1c(=O)[nH]c(=O)c2c1nc(CN(CC)Cc1cccc(Cl)c1)n2CC. The lowest BCUT2D eigenvalue weighted by atomic mass is 10.2. The van der Waals surface area contributed by atoms with Crippen LogP contribution in [0.2, 0.25) is 5.02 Å². The molecule has 8 heteroatoms. The van der Waals surface area contributed by atoms with Crippen LogP contribution >= 0.6 is 11.6 Å². The summed E-state index contributed by atoms with van der Waals surface area (Å²) in [6, 6.07) is 7.81. The minimum absolute atomic E-state index is 0.378. The fraction of sp³-hybridized carbons (Fsp3) is 0.476. The highest BCUT2D eigenvalue weighted by atomic mass is 35.5. The first-order chi connectivity index (χ1) is 14.0. The van der Waals surface area contributed by atoms with Gasteiger partial charge in [0.2, 0.25) is 0 Å². The molecule has 0 unspecified atom stereocenters. The van der Waals surface area contributed by atoms with E-state index in [0.29, 0.717) is 35.8 Å². The third kappa shape index (κ3) is 4.62. The van der Waals surface area contributed by atoms with Crippen LogP contribution in [0.4, 0.5) is 0 Å². The molecular weight excluding hydrogens is 390 g/mol. The summed E-state index contributed by atoms with van der Waals surface area (Å²) in [5.74, 6) is 0.785. The molecule has 0 aliphatic rings. The van der Waals surface area contributed by atoms with Crippen molar-refractivity contribution < 1.29 is 0 Å². The molecule has 0 amide bonds. The van der Waals surface area contributed by atoms with Crippen LogP contribution in [0.25, 0.3) is 11.2 Å². The summed E-state index contributed by atoms with van der Waals surface area (Å²) in [6.45, 7) is 9.41. The van der Waals surface area contributed by atoms with Crippen molar-refractivity contribution in [3.63, 3.8) is 0 Å². The highest BCUT2D eigenvalue weighted by Crippen LogP contribution is 2.17. The summed E-state index contributed by atoms with van der Waals surface area (Å²) in [5.41, 5.74) is 1.29. The van der Waals surface area contributed by atoms with Crippen molar-refractivity contribution in [2.24, 2.45) is 0 Å². The van der Waals surface area contributed by atoms with Crippen LogP contribution in [0.1, 0.15) is 45.0 Å². The maximum atomic E-state index is 12.5. The van der Waals surface area contributed by atoms with Crippen molar-refractivity contribution in [2.75, 3.05) is 6.54 Å². The number of aryl methyl sites for hydroxylation is 2. The zero-order chi connectivity index (χ0) is 21.0. The molecule has 3 rings (SSSR count). The molecule has 29 heavy (non-hydrogen) atoms. The van der Waals surface area contributed by atoms with Gasteiger partial charge in [-0.3, -0.25) is 19.2 Å². The smallest absolute Gasteiger partial charge is 0.321 e. The average Bonchev–Trinajstić information content (AvgIpc) is 3.05. The van der Waals surface area contributed by atoms with E-state index < -0.39 is 5.69 Å². The number of hydrogen-bond donors (Lipinski definition) is 1. The van der Waals surface area contributed by atoms with Gasteiger partial charge in [0.25, 0.3) is 5.56 Å². The molecule has 7 nitrogen and oxygen atoms in total. The maximum absolute atomic E-state index is 12.5. The van der Waals surface area contributed by atoms with Gasteiger partial charge in [0, 0.05) is 24.7 Å². The molecule has 0 aliphatic carbocycles. The Bertz CT molecular complexity index is 1100. The van der Waals surface area contributed by atoms with Gasteiger partial charge in [-0.25, -0.2) is 9.78 Å². The highest BCUT2D eigenvalue weighted by molar-refractivity contribution is 6.30. The molecule has 1 N–H and O–H groups in total. The predicted molar refractivity (Wildman–Crippen MR) is 116 cm³/mol. The lowest BCUT2D eigenvalue weighted by Crippen LogP contribution is -2.31. The van der Waals surface area contributed by atoms with E-state index in [1.165, 1.54) is 0 Å². The minimum Gasteiger partial charge on any atom is -0.321 e. The Morgan fingerprint density at radius 2 is 1.93 bits per heavy atom. The summed E-state index contributed by atoms with van der Waals surface area (Å²) in [5, 5.41) is 0.714. The Labute approximate surface area is 174 Å². The lowest BCUT2D eigenvalue weighted by Gasteiger charge is -2.20. The molecule has 0 saturated heterocycles. The highest BCUT2D eigenvalue weighted by Gasteiger charge is 2.19. The summed E-state index contributed by atoms with van der Waals surface area (Å²) in [7, 11) is 0. The van der Waals surface area contributed by atoms with Crippen LogP contribution in [0.15, 0.2) is 33.9 Å². The molecular formula is C21H28ClN5O2. The molecule has 0 atom stereocenters. The molecule has 156 valence electrons. The minimum atomic E-state index is -0.394. The molecule has 0 fully saturated rings. The van der Waals surface area contributed by atoms with Crippen molar-refractivity contribution in [1.29, 1.82) is 0 Å². The number of aromatic nitrogens is 4. The first-order valence-electron chi connectivity index (χ1n) is 10.2. The first kappa shape index (κ1) is 21.3. The molecule has 2 aromatic heterocycles. The van der Waals surface area contributed by atoms with Crippen molar-refractivity contribution >= 4 is 22.8 Å². The molecule has 1 aromatic carbocycles. The van der Waals surface area contributed by atoms with Crippen molar-refractivity contribution in [3.05, 3.63) is 61.5 Å². The summed E-state index contributed by atoms with van der Waals surface area (Å²) in [6.07, 6.45) is 1.81. The number of nitrogens with zero attached hydrogens (tertiary/aromatic N) is 4. The quantitative estimate of drug-likeness (QED) is 0.579. The number of benzene rings is 1. The van der Waals surface area contributed by atoms with Gasteiger partial charge < -0.3 is 4.57 Å². The van der Waals surface area contributed by atoms with E-state index in [9.17, 15) is 9.59 Å². The fourth-order valence-corrected chi connectivity index (χ4v) is 3.79. The van der Waals surface area contributed by atoms with Crippen molar-refractivity contribution in [1.82, 2.24) is 24.0 Å². The number of unbranched alkanes of at least 4 members (excludes halogenated alkanes) is 1. The Hall–Kier alpha value is -2.38. The van der Waals surface area contributed by atoms with Gasteiger partial charge in [0.1, 0.15) is 5.82 Å². The number of nitrogens with one attached hydrogen (secondary N) is 1. The zero-order valence-corrected chi connectivity index (χ0v) is 18.0. The van der Waals surface area contributed by atoms with E-state index in [-0.39, 0.29) is 5.56 Å². The van der Waals surface area contributed by atoms with Crippen LogP contribution in [-0.4, -0.2) is 30.5 Å². The number of aromatic amines is 1. The molecule has 0 spiro atoms. The molecule has 0 aliphatic heterocycles. The van der Waals surface area contributed by atoms with Gasteiger partial charge in [-0.2, -0.15) is 0 Å². The third-order valence-corrected chi connectivity index (χ3v) is 5.36. The van der Waals surface area contributed by atoms with Crippen LogP contribution < -0.4 is 11.2 Å². The van der Waals surface area contributed by atoms with E-state index in [2.05, 4.69) is 23.7 Å². The van der Waals surface area contributed by atoms with Gasteiger partial charge in [-0.15, -0.1) is 0 Å². The van der Waals surface area contributed by atoms with E-state index >= 15 is 0 Å². The Kier molecular flexibility index (Phi) is 6.92. The molecule has 0 saturated carbocycles. The average molecular weight is 418 g/mol. The topological polar surface area (TPSA) is 75.9 Å². The van der Waals surface area contributed by atoms with Gasteiger partial charge >= 0.3 is 5.69 Å². The number of fused-ring (bicyclic) bond motifs is 1. The summed E-state index contributed by atoms with van der Waals surface area (Å²) < 4.78 is 3.50. The van der Waals surface area contributed by atoms with Crippen LogP contribution in [-0.2, 0) is 26.2 Å². The normalized spacial score (nSPS) is 11.6. The third-order valence-electron chi connectivity index (χ3n) is 5.12. The van der Waals surface area contributed by atoms with E-state index in [1.807, 2.05) is 35.8 Å². The number of H-pyrrole nitrogens is 1. The fourth-order valence-electron chi connectivity index (χ4n) is 3.58. The summed E-state index contributed by atoms with van der Waals surface area (Å²) in [4.78, 5) is 34.3. The Morgan fingerprint density at radius 1 is 1.14 bits per heavy atom. The van der Waals surface area contributed by atoms with Crippen molar-refractivity contribution in [3.8, 4) is 0 Å². The first-order valence-corrected chi connectivity index (χ1v) is 10.5. The van der Waals surface area contributed by atoms with Gasteiger partial charge in [0.05, 0.1) is 6.54 Å². The van der Waals surface area contributed by atoms with E-state index in [1.54, 1.807) is 4.57 Å². The van der Waals surface area contributed by atoms with Crippen molar-refractivity contribution in [2.45, 2.75) is 59.8 Å². The molecule has 2 heterocycles. The maximum Gasteiger partial charge on any atom is 0.330 e. The second kappa shape index (κ2) is 9.41. The molecule has 0 radical (unpaired) electrons. The number of halogens is 1. The van der Waals surface area contributed by atoms with Gasteiger partial charge in [-0.1, -0.05) is 44.0 Å². The van der Waals surface area contributed by atoms with E-state index in [4.69, 9.17) is 16.6 Å². The van der Waals surface area contributed by atoms with E-state index in [0.717, 1.165) is 37.3 Å². The predicted octanol–water partition coefficient (Wildman–Crippen LogP) is 3.38. The largest absolute Gasteiger partial charge is 0.330 e. The second-order valence-electron chi connectivity index (χ2n) is 7.14. The molecule has 0 bridgehead atoms. The zero-order valence-electron chi connectivity index (χ0n) is 17.2. The van der Waals surface area contributed by atoms with Crippen LogP contribution in [0.3, 0.4) is 0 Å². The Morgan fingerprint density at radius 3 is 2.59 bits per heavy atom.